The number of hydrogen-bond donors (Lipinski definition) is 3. The molecule has 0 spiro atoms. The summed E-state index contributed by atoms with van der Waals surface area (Å²) in [7, 11) is 0. The summed E-state index contributed by atoms with van der Waals surface area (Å²) in [6.07, 6.45) is 0.607. The third-order valence-electron chi connectivity index (χ3n) is 2.64. The minimum absolute atomic E-state index is 0.0989. The zero-order valence-corrected chi connectivity index (χ0v) is 12.2. The molecule has 1 amide bonds. The van der Waals surface area contributed by atoms with Crippen molar-refractivity contribution in [2.24, 2.45) is 0 Å². The number of rotatable bonds is 6. The highest BCUT2D eigenvalue weighted by molar-refractivity contribution is 5.92. The van der Waals surface area contributed by atoms with Crippen LogP contribution in [-0.2, 0) is 16.0 Å². The van der Waals surface area contributed by atoms with Gasteiger partial charge in [0.25, 0.3) is 0 Å². The average molecular weight is 278 g/mol. The number of amides is 1. The van der Waals surface area contributed by atoms with Crippen molar-refractivity contribution in [3.8, 4) is 0 Å². The fraction of sp³-hybridized carbons (Fsp3) is 0.467. The second kappa shape index (κ2) is 7.05. The Bertz CT molecular complexity index is 461. The quantitative estimate of drug-likeness (QED) is 0.744. The summed E-state index contributed by atoms with van der Waals surface area (Å²) in [6.45, 7) is 6.25. The molecule has 0 bridgehead atoms. The van der Waals surface area contributed by atoms with Crippen LogP contribution in [0.2, 0.25) is 0 Å². The molecule has 110 valence electrons. The van der Waals surface area contributed by atoms with Crippen molar-refractivity contribution in [1.82, 2.24) is 5.32 Å². The number of hydrogen-bond acceptors (Lipinski definition) is 3. The van der Waals surface area contributed by atoms with Gasteiger partial charge in [0.05, 0.1) is 6.54 Å². The van der Waals surface area contributed by atoms with Crippen molar-refractivity contribution in [2.45, 2.75) is 39.2 Å². The largest absolute Gasteiger partial charge is 0.481 e. The smallest absolute Gasteiger partial charge is 0.303 e. The summed E-state index contributed by atoms with van der Waals surface area (Å²) >= 11 is 0. The minimum Gasteiger partial charge on any atom is -0.481 e. The van der Waals surface area contributed by atoms with E-state index in [-0.39, 0.29) is 24.4 Å². The fourth-order valence-corrected chi connectivity index (χ4v) is 1.56. The van der Waals surface area contributed by atoms with Crippen molar-refractivity contribution in [3.05, 3.63) is 29.8 Å². The monoisotopic (exact) mass is 278 g/mol. The lowest BCUT2D eigenvalue weighted by atomic mass is 10.1. The molecule has 1 rings (SSSR count). The van der Waals surface area contributed by atoms with E-state index in [0.29, 0.717) is 12.1 Å². The van der Waals surface area contributed by atoms with E-state index >= 15 is 0 Å². The second-order valence-corrected chi connectivity index (χ2v) is 5.74. The number of anilines is 1. The van der Waals surface area contributed by atoms with Crippen LogP contribution in [0.5, 0.6) is 0 Å². The van der Waals surface area contributed by atoms with E-state index in [9.17, 15) is 9.59 Å². The molecule has 0 saturated heterocycles. The van der Waals surface area contributed by atoms with Crippen LogP contribution in [0.15, 0.2) is 24.3 Å². The van der Waals surface area contributed by atoms with Crippen LogP contribution < -0.4 is 10.6 Å². The Morgan fingerprint density at radius 1 is 1.15 bits per heavy atom. The molecule has 0 aliphatic rings. The van der Waals surface area contributed by atoms with Gasteiger partial charge in [-0.2, -0.15) is 0 Å². The predicted molar refractivity (Wildman–Crippen MR) is 78.8 cm³/mol. The van der Waals surface area contributed by atoms with Gasteiger partial charge in [-0.25, -0.2) is 0 Å². The molecule has 5 heteroatoms. The third kappa shape index (κ3) is 6.89. The number of aliphatic carboxylic acids is 1. The fourth-order valence-electron chi connectivity index (χ4n) is 1.56. The van der Waals surface area contributed by atoms with Crippen LogP contribution in [0.4, 0.5) is 5.69 Å². The van der Waals surface area contributed by atoms with E-state index in [4.69, 9.17) is 5.11 Å². The zero-order valence-electron chi connectivity index (χ0n) is 12.2. The lowest BCUT2D eigenvalue weighted by Gasteiger charge is -2.20. The summed E-state index contributed by atoms with van der Waals surface area (Å²) in [5, 5.41) is 14.5. The Hall–Kier alpha value is -1.88. The van der Waals surface area contributed by atoms with Crippen molar-refractivity contribution >= 4 is 17.6 Å². The standard InChI is InChI=1S/C15H22N2O3/c1-15(2,3)16-10-13(18)17-12-7-4-11(5-8-12)6-9-14(19)20/h4-5,7-8,16H,6,9-10H2,1-3H3,(H,17,18)(H,19,20). The van der Waals surface area contributed by atoms with Gasteiger partial charge in [-0.05, 0) is 44.9 Å². The van der Waals surface area contributed by atoms with Gasteiger partial charge < -0.3 is 15.7 Å². The Balaban J connectivity index is 2.44. The van der Waals surface area contributed by atoms with Crippen molar-refractivity contribution < 1.29 is 14.7 Å². The highest BCUT2D eigenvalue weighted by atomic mass is 16.4. The molecule has 0 aliphatic carbocycles. The molecule has 0 aliphatic heterocycles. The summed E-state index contributed by atoms with van der Waals surface area (Å²) in [5.41, 5.74) is 1.56. The summed E-state index contributed by atoms with van der Waals surface area (Å²) < 4.78 is 0. The summed E-state index contributed by atoms with van der Waals surface area (Å²) in [4.78, 5) is 22.2. The lowest BCUT2D eigenvalue weighted by Crippen LogP contribution is -2.41. The molecule has 0 fully saturated rings. The van der Waals surface area contributed by atoms with E-state index in [2.05, 4.69) is 10.6 Å². The van der Waals surface area contributed by atoms with Crippen molar-refractivity contribution in [1.29, 1.82) is 0 Å². The van der Waals surface area contributed by atoms with E-state index in [1.807, 2.05) is 32.9 Å². The second-order valence-electron chi connectivity index (χ2n) is 5.74. The number of benzene rings is 1. The van der Waals surface area contributed by atoms with E-state index in [0.717, 1.165) is 5.56 Å². The molecule has 3 N–H and O–H groups in total. The van der Waals surface area contributed by atoms with Gasteiger partial charge in [-0.15, -0.1) is 0 Å². The van der Waals surface area contributed by atoms with Gasteiger partial charge in [0.15, 0.2) is 0 Å². The molecule has 1 aromatic rings. The maximum absolute atomic E-state index is 11.7. The van der Waals surface area contributed by atoms with Crippen molar-refractivity contribution in [3.63, 3.8) is 0 Å². The Labute approximate surface area is 119 Å². The van der Waals surface area contributed by atoms with Crippen LogP contribution in [0.1, 0.15) is 32.8 Å². The summed E-state index contributed by atoms with van der Waals surface area (Å²) in [6, 6.07) is 7.23. The first-order valence-corrected chi connectivity index (χ1v) is 6.62. The van der Waals surface area contributed by atoms with Gasteiger partial charge in [0, 0.05) is 17.6 Å². The molecule has 0 unspecified atom stereocenters. The molecular formula is C15H22N2O3. The lowest BCUT2D eigenvalue weighted by molar-refractivity contribution is -0.137. The van der Waals surface area contributed by atoms with Gasteiger partial charge in [-0.3, -0.25) is 9.59 Å². The van der Waals surface area contributed by atoms with Gasteiger partial charge in [-0.1, -0.05) is 12.1 Å². The SMILES string of the molecule is CC(C)(C)NCC(=O)Nc1ccc(CCC(=O)O)cc1. The Kier molecular flexibility index (Phi) is 5.70. The maximum Gasteiger partial charge on any atom is 0.303 e. The molecule has 0 saturated carbocycles. The first-order chi connectivity index (χ1) is 9.26. The highest BCUT2D eigenvalue weighted by Crippen LogP contribution is 2.11. The Morgan fingerprint density at radius 3 is 2.25 bits per heavy atom. The van der Waals surface area contributed by atoms with Crippen LogP contribution in [0, 0.1) is 0 Å². The first kappa shape index (κ1) is 16.2. The van der Waals surface area contributed by atoms with Gasteiger partial charge in [0.2, 0.25) is 5.91 Å². The van der Waals surface area contributed by atoms with Crippen LogP contribution >= 0.6 is 0 Å². The highest BCUT2D eigenvalue weighted by Gasteiger charge is 2.11. The number of aryl methyl sites for hydroxylation is 1. The number of carbonyl (C=O) groups is 2. The van der Waals surface area contributed by atoms with Gasteiger partial charge >= 0.3 is 5.97 Å². The molecule has 0 radical (unpaired) electrons. The van der Waals surface area contributed by atoms with E-state index < -0.39 is 5.97 Å². The minimum atomic E-state index is -0.810. The molecule has 0 heterocycles. The van der Waals surface area contributed by atoms with Crippen LogP contribution in [0.3, 0.4) is 0 Å². The molecule has 1 aromatic carbocycles. The van der Waals surface area contributed by atoms with E-state index in [1.54, 1.807) is 12.1 Å². The number of nitrogens with one attached hydrogen (secondary N) is 2. The van der Waals surface area contributed by atoms with Crippen molar-refractivity contribution in [2.75, 3.05) is 11.9 Å². The number of carboxylic acid groups (broad SMARTS) is 1. The Morgan fingerprint density at radius 2 is 1.75 bits per heavy atom. The molecular weight excluding hydrogens is 256 g/mol. The van der Waals surface area contributed by atoms with Crippen LogP contribution in [-0.4, -0.2) is 29.1 Å². The normalized spacial score (nSPS) is 11.2. The molecule has 0 aromatic heterocycles. The third-order valence-corrected chi connectivity index (χ3v) is 2.64. The average Bonchev–Trinajstić information content (AvgIpc) is 2.35. The van der Waals surface area contributed by atoms with E-state index in [1.165, 1.54) is 0 Å². The van der Waals surface area contributed by atoms with Crippen LogP contribution in [0.25, 0.3) is 0 Å². The molecule has 20 heavy (non-hydrogen) atoms. The zero-order chi connectivity index (χ0) is 15.2. The molecule has 5 nitrogen and oxygen atoms in total. The topological polar surface area (TPSA) is 78.4 Å². The molecule has 0 atom stereocenters. The summed E-state index contributed by atoms with van der Waals surface area (Å²) in [5.74, 6) is -0.908. The number of carboxylic acids is 1. The predicted octanol–water partition coefficient (Wildman–Crippen LogP) is 2.03. The first-order valence-electron chi connectivity index (χ1n) is 6.62. The maximum atomic E-state index is 11.7. The number of carbonyl (C=O) groups excluding carboxylic acids is 1. The van der Waals surface area contributed by atoms with Gasteiger partial charge in [0.1, 0.15) is 0 Å².